The van der Waals surface area contributed by atoms with Gasteiger partial charge in [-0.15, -0.1) is 0 Å². The van der Waals surface area contributed by atoms with Crippen molar-refractivity contribution >= 4 is 6.03 Å². The monoisotopic (exact) mass is 276 g/mol. The number of aryl methyl sites for hydroxylation is 1. The van der Waals surface area contributed by atoms with Crippen molar-refractivity contribution in [1.29, 1.82) is 0 Å². The lowest BCUT2D eigenvalue weighted by Crippen LogP contribution is -2.40. The van der Waals surface area contributed by atoms with E-state index < -0.39 is 0 Å². The zero-order valence-corrected chi connectivity index (χ0v) is 12.5. The van der Waals surface area contributed by atoms with Gasteiger partial charge in [-0.3, -0.25) is 0 Å². The summed E-state index contributed by atoms with van der Waals surface area (Å²) in [6.45, 7) is 7.73. The lowest BCUT2D eigenvalue weighted by molar-refractivity contribution is 0.195. The highest BCUT2D eigenvalue weighted by molar-refractivity contribution is 5.75. The molecule has 1 aliphatic rings. The number of benzene rings is 1. The number of hydrogen-bond donors (Lipinski definition) is 2. The van der Waals surface area contributed by atoms with E-state index in [9.17, 15) is 4.79 Å². The van der Waals surface area contributed by atoms with E-state index in [1.54, 1.807) is 4.90 Å². The fourth-order valence-corrected chi connectivity index (χ4v) is 2.76. The third kappa shape index (κ3) is 3.12. The minimum absolute atomic E-state index is 0.00410. The van der Waals surface area contributed by atoms with Crippen LogP contribution in [0.25, 0.3) is 0 Å². The molecule has 0 aliphatic carbocycles. The van der Waals surface area contributed by atoms with Gasteiger partial charge in [-0.05, 0) is 43.9 Å². The van der Waals surface area contributed by atoms with Crippen LogP contribution in [0, 0.1) is 19.8 Å². The van der Waals surface area contributed by atoms with E-state index >= 15 is 0 Å². The molecule has 4 nitrogen and oxygen atoms in total. The molecule has 1 aliphatic heterocycles. The Balaban J connectivity index is 1.99. The molecule has 1 aromatic carbocycles. The highest BCUT2D eigenvalue weighted by atomic mass is 16.3. The molecule has 0 saturated carbocycles. The number of urea groups is 1. The Kier molecular flexibility index (Phi) is 4.65. The van der Waals surface area contributed by atoms with Gasteiger partial charge in [0.05, 0.1) is 6.04 Å². The van der Waals surface area contributed by atoms with Crippen LogP contribution >= 0.6 is 0 Å². The summed E-state index contributed by atoms with van der Waals surface area (Å²) >= 11 is 0. The van der Waals surface area contributed by atoms with Gasteiger partial charge in [0.25, 0.3) is 0 Å². The Hall–Kier alpha value is -1.55. The molecule has 4 heteroatoms. The Labute approximate surface area is 120 Å². The highest BCUT2D eigenvalue weighted by Crippen LogP contribution is 2.21. The van der Waals surface area contributed by atoms with Crippen molar-refractivity contribution in [3.8, 4) is 0 Å². The number of aliphatic hydroxyl groups excluding tert-OH is 1. The molecule has 2 unspecified atom stereocenters. The minimum Gasteiger partial charge on any atom is -0.396 e. The van der Waals surface area contributed by atoms with Crippen molar-refractivity contribution in [2.45, 2.75) is 33.2 Å². The Bertz CT molecular complexity index is 487. The number of nitrogens with one attached hydrogen (secondary N) is 1. The lowest BCUT2D eigenvalue weighted by atomic mass is 9.98. The number of carbonyl (C=O) groups is 1. The second kappa shape index (κ2) is 6.27. The summed E-state index contributed by atoms with van der Waals surface area (Å²) in [4.78, 5) is 14.0. The molecule has 0 aromatic heterocycles. The molecular formula is C16H24N2O2. The third-order valence-corrected chi connectivity index (χ3v) is 4.28. The maximum absolute atomic E-state index is 12.2. The second-order valence-corrected chi connectivity index (χ2v) is 5.74. The van der Waals surface area contributed by atoms with Gasteiger partial charge in [-0.1, -0.05) is 18.2 Å². The topological polar surface area (TPSA) is 52.6 Å². The second-order valence-electron chi connectivity index (χ2n) is 5.74. The molecule has 1 fully saturated rings. The van der Waals surface area contributed by atoms with E-state index in [-0.39, 0.29) is 24.6 Å². The standard InChI is InChI=1S/C16H24N2O2/c1-11-5-4-6-15(12(11)2)13(3)17-16(20)18-8-7-14(9-18)10-19/h4-6,13-14,19H,7-10H2,1-3H3,(H,17,20). The summed E-state index contributed by atoms with van der Waals surface area (Å²) in [5.41, 5.74) is 3.64. The quantitative estimate of drug-likeness (QED) is 0.890. The molecule has 2 rings (SSSR count). The average molecular weight is 276 g/mol. The summed E-state index contributed by atoms with van der Waals surface area (Å²) in [5.74, 6) is 0.233. The number of amides is 2. The SMILES string of the molecule is Cc1cccc(C(C)NC(=O)N2CCC(CO)C2)c1C. The molecule has 0 radical (unpaired) electrons. The molecule has 1 saturated heterocycles. The minimum atomic E-state index is -0.0330. The first kappa shape index (κ1) is 14.9. The van der Waals surface area contributed by atoms with E-state index in [1.165, 1.54) is 11.1 Å². The maximum Gasteiger partial charge on any atom is 0.317 e. The van der Waals surface area contributed by atoms with Crippen molar-refractivity contribution < 1.29 is 9.90 Å². The molecule has 1 heterocycles. The van der Waals surface area contributed by atoms with Crippen molar-refractivity contribution in [3.05, 3.63) is 34.9 Å². The van der Waals surface area contributed by atoms with Gasteiger partial charge in [-0.25, -0.2) is 4.79 Å². The molecule has 110 valence electrons. The first-order chi connectivity index (χ1) is 9.52. The summed E-state index contributed by atoms with van der Waals surface area (Å²) in [6, 6.07) is 6.13. The first-order valence-corrected chi connectivity index (χ1v) is 7.25. The number of carbonyl (C=O) groups excluding carboxylic acids is 1. The van der Waals surface area contributed by atoms with E-state index in [1.807, 2.05) is 13.0 Å². The van der Waals surface area contributed by atoms with E-state index in [0.717, 1.165) is 18.5 Å². The number of rotatable bonds is 3. The number of nitrogens with zero attached hydrogens (tertiary/aromatic N) is 1. The Morgan fingerprint density at radius 2 is 2.25 bits per heavy atom. The highest BCUT2D eigenvalue weighted by Gasteiger charge is 2.26. The van der Waals surface area contributed by atoms with Crippen LogP contribution in [0.15, 0.2) is 18.2 Å². The number of aliphatic hydroxyl groups is 1. The Morgan fingerprint density at radius 1 is 1.50 bits per heavy atom. The molecule has 20 heavy (non-hydrogen) atoms. The summed E-state index contributed by atoms with van der Waals surface area (Å²) in [6.07, 6.45) is 0.891. The predicted octanol–water partition coefficient (Wildman–Crippen LogP) is 2.39. The van der Waals surface area contributed by atoms with Crippen LogP contribution in [-0.2, 0) is 0 Å². The predicted molar refractivity (Wildman–Crippen MR) is 79.6 cm³/mol. The summed E-state index contributed by atoms with van der Waals surface area (Å²) in [7, 11) is 0. The smallest absolute Gasteiger partial charge is 0.317 e. The van der Waals surface area contributed by atoms with Crippen molar-refractivity contribution in [1.82, 2.24) is 10.2 Å². The van der Waals surface area contributed by atoms with Gasteiger partial charge < -0.3 is 15.3 Å². The average Bonchev–Trinajstić information content (AvgIpc) is 2.90. The van der Waals surface area contributed by atoms with Crippen LogP contribution in [0.3, 0.4) is 0 Å². The molecular weight excluding hydrogens is 252 g/mol. The fraction of sp³-hybridized carbons (Fsp3) is 0.562. The van der Waals surface area contributed by atoms with Crippen molar-refractivity contribution in [2.75, 3.05) is 19.7 Å². The lowest BCUT2D eigenvalue weighted by Gasteiger charge is -2.22. The van der Waals surface area contributed by atoms with Crippen molar-refractivity contribution in [2.24, 2.45) is 5.92 Å². The van der Waals surface area contributed by atoms with E-state index in [2.05, 4.69) is 31.3 Å². The molecule has 1 aromatic rings. The van der Waals surface area contributed by atoms with Gasteiger partial charge in [0.15, 0.2) is 0 Å². The normalized spacial score (nSPS) is 20.0. The molecule has 0 spiro atoms. The van der Waals surface area contributed by atoms with Gasteiger partial charge in [0.2, 0.25) is 0 Å². The first-order valence-electron chi connectivity index (χ1n) is 7.25. The van der Waals surface area contributed by atoms with Crippen LogP contribution in [0.4, 0.5) is 4.79 Å². The van der Waals surface area contributed by atoms with Gasteiger partial charge >= 0.3 is 6.03 Å². The molecule has 2 amide bonds. The zero-order chi connectivity index (χ0) is 14.7. The molecule has 2 atom stereocenters. The van der Waals surface area contributed by atoms with Gasteiger partial charge in [0.1, 0.15) is 0 Å². The summed E-state index contributed by atoms with van der Waals surface area (Å²) in [5, 5.41) is 12.2. The zero-order valence-electron chi connectivity index (χ0n) is 12.5. The van der Waals surface area contributed by atoms with E-state index in [0.29, 0.717) is 6.54 Å². The fourth-order valence-electron chi connectivity index (χ4n) is 2.76. The van der Waals surface area contributed by atoms with Crippen LogP contribution in [0.2, 0.25) is 0 Å². The van der Waals surface area contributed by atoms with Crippen molar-refractivity contribution in [3.63, 3.8) is 0 Å². The van der Waals surface area contributed by atoms with Crippen LogP contribution < -0.4 is 5.32 Å². The Morgan fingerprint density at radius 3 is 2.90 bits per heavy atom. The van der Waals surface area contributed by atoms with Crippen LogP contribution in [0.1, 0.15) is 36.1 Å². The van der Waals surface area contributed by atoms with Gasteiger partial charge in [-0.2, -0.15) is 0 Å². The number of hydrogen-bond acceptors (Lipinski definition) is 2. The molecule has 2 N–H and O–H groups in total. The molecule has 0 bridgehead atoms. The number of likely N-dealkylation sites (tertiary alicyclic amines) is 1. The maximum atomic E-state index is 12.2. The summed E-state index contributed by atoms with van der Waals surface area (Å²) < 4.78 is 0. The third-order valence-electron chi connectivity index (χ3n) is 4.28. The largest absolute Gasteiger partial charge is 0.396 e. The van der Waals surface area contributed by atoms with Gasteiger partial charge in [0, 0.05) is 25.6 Å². The van der Waals surface area contributed by atoms with Crippen LogP contribution in [-0.4, -0.2) is 35.7 Å². The van der Waals surface area contributed by atoms with E-state index in [4.69, 9.17) is 5.11 Å². The van der Waals surface area contributed by atoms with Crippen LogP contribution in [0.5, 0.6) is 0 Å².